The minimum atomic E-state index is 0.0310. The van der Waals surface area contributed by atoms with Gasteiger partial charge in [0.15, 0.2) is 0 Å². The van der Waals surface area contributed by atoms with E-state index < -0.39 is 0 Å². The maximum Gasteiger partial charge on any atom is 0.256 e. The Bertz CT molecular complexity index is 416. The molecule has 0 radical (unpaired) electrons. The first kappa shape index (κ1) is 14.5. The SMILES string of the molecule is CCCN(C(=O)c1cc(C)ccc1NN)C(C)C. The Morgan fingerprint density at radius 1 is 1.44 bits per heavy atom. The molecule has 0 aromatic heterocycles. The molecule has 0 aliphatic carbocycles. The molecule has 100 valence electrons. The van der Waals surface area contributed by atoms with Gasteiger partial charge in [0.1, 0.15) is 0 Å². The summed E-state index contributed by atoms with van der Waals surface area (Å²) in [5.74, 6) is 5.50. The number of hydrogen-bond acceptors (Lipinski definition) is 3. The van der Waals surface area contributed by atoms with Gasteiger partial charge in [-0.25, -0.2) is 0 Å². The molecule has 0 saturated carbocycles. The largest absolute Gasteiger partial charge is 0.336 e. The summed E-state index contributed by atoms with van der Waals surface area (Å²) in [6.45, 7) is 8.85. The highest BCUT2D eigenvalue weighted by Gasteiger charge is 2.20. The molecule has 0 unspecified atom stereocenters. The number of rotatable bonds is 5. The van der Waals surface area contributed by atoms with Crippen molar-refractivity contribution in [3.63, 3.8) is 0 Å². The highest BCUT2D eigenvalue weighted by atomic mass is 16.2. The quantitative estimate of drug-likeness (QED) is 0.623. The molecule has 0 aliphatic rings. The fourth-order valence-corrected chi connectivity index (χ4v) is 1.95. The number of hydrogen-bond donors (Lipinski definition) is 2. The summed E-state index contributed by atoms with van der Waals surface area (Å²) in [5, 5.41) is 0. The number of aryl methyl sites for hydroxylation is 1. The maximum atomic E-state index is 12.5. The first-order chi connectivity index (χ1) is 8.51. The molecular weight excluding hydrogens is 226 g/mol. The Morgan fingerprint density at radius 2 is 2.11 bits per heavy atom. The predicted molar refractivity (Wildman–Crippen MR) is 75.5 cm³/mol. The van der Waals surface area contributed by atoms with Crippen molar-refractivity contribution < 1.29 is 4.79 Å². The smallest absolute Gasteiger partial charge is 0.256 e. The molecule has 0 fully saturated rings. The molecule has 1 aromatic carbocycles. The van der Waals surface area contributed by atoms with Gasteiger partial charge in [0, 0.05) is 12.6 Å². The van der Waals surface area contributed by atoms with Crippen molar-refractivity contribution in [2.45, 2.75) is 40.2 Å². The van der Waals surface area contributed by atoms with Crippen LogP contribution in [0.3, 0.4) is 0 Å². The number of amides is 1. The molecule has 0 atom stereocenters. The number of nitrogens with one attached hydrogen (secondary N) is 1. The number of anilines is 1. The average molecular weight is 249 g/mol. The Morgan fingerprint density at radius 3 is 2.61 bits per heavy atom. The van der Waals surface area contributed by atoms with E-state index >= 15 is 0 Å². The summed E-state index contributed by atoms with van der Waals surface area (Å²) < 4.78 is 0. The molecular formula is C14H23N3O. The van der Waals surface area contributed by atoms with E-state index in [1.807, 2.05) is 43.9 Å². The second-order valence-electron chi connectivity index (χ2n) is 4.79. The van der Waals surface area contributed by atoms with Gasteiger partial charge in [-0.05, 0) is 39.3 Å². The van der Waals surface area contributed by atoms with E-state index in [1.54, 1.807) is 0 Å². The number of carbonyl (C=O) groups excluding carboxylic acids is 1. The van der Waals surface area contributed by atoms with Gasteiger partial charge < -0.3 is 10.3 Å². The molecule has 1 amide bonds. The second kappa shape index (κ2) is 6.40. The number of nitrogens with zero attached hydrogens (tertiary/aromatic N) is 1. The molecule has 3 N–H and O–H groups in total. The lowest BCUT2D eigenvalue weighted by atomic mass is 10.1. The molecule has 0 bridgehead atoms. The lowest BCUT2D eigenvalue weighted by Gasteiger charge is -2.27. The van der Waals surface area contributed by atoms with Crippen molar-refractivity contribution >= 4 is 11.6 Å². The van der Waals surface area contributed by atoms with Crippen LogP contribution in [-0.2, 0) is 0 Å². The van der Waals surface area contributed by atoms with Crippen LogP contribution >= 0.6 is 0 Å². The summed E-state index contributed by atoms with van der Waals surface area (Å²) in [5.41, 5.74) is 4.96. The Labute approximate surface area is 109 Å². The van der Waals surface area contributed by atoms with E-state index in [4.69, 9.17) is 5.84 Å². The lowest BCUT2D eigenvalue weighted by molar-refractivity contribution is 0.0707. The van der Waals surface area contributed by atoms with Crippen molar-refractivity contribution in [3.8, 4) is 0 Å². The molecule has 0 spiro atoms. The van der Waals surface area contributed by atoms with Crippen LogP contribution in [0.25, 0.3) is 0 Å². The zero-order chi connectivity index (χ0) is 13.7. The molecule has 4 nitrogen and oxygen atoms in total. The number of nitrogens with two attached hydrogens (primary N) is 1. The van der Waals surface area contributed by atoms with Crippen LogP contribution in [0.1, 0.15) is 43.1 Å². The highest BCUT2D eigenvalue weighted by molar-refractivity contribution is 5.99. The van der Waals surface area contributed by atoms with Crippen LogP contribution in [0, 0.1) is 6.92 Å². The van der Waals surface area contributed by atoms with E-state index in [0.29, 0.717) is 11.3 Å². The molecule has 1 aromatic rings. The minimum Gasteiger partial charge on any atom is -0.336 e. The molecule has 1 rings (SSSR count). The minimum absolute atomic E-state index is 0.0310. The van der Waals surface area contributed by atoms with Crippen LogP contribution < -0.4 is 11.3 Å². The van der Waals surface area contributed by atoms with E-state index in [1.165, 1.54) is 0 Å². The summed E-state index contributed by atoms with van der Waals surface area (Å²) in [6.07, 6.45) is 0.946. The zero-order valence-corrected chi connectivity index (χ0v) is 11.7. The topological polar surface area (TPSA) is 58.4 Å². The second-order valence-corrected chi connectivity index (χ2v) is 4.79. The highest BCUT2D eigenvalue weighted by Crippen LogP contribution is 2.19. The molecule has 18 heavy (non-hydrogen) atoms. The third kappa shape index (κ3) is 3.23. The van der Waals surface area contributed by atoms with Crippen molar-refractivity contribution in [1.82, 2.24) is 4.90 Å². The number of hydrazine groups is 1. The van der Waals surface area contributed by atoms with Gasteiger partial charge in [-0.2, -0.15) is 0 Å². The Balaban J connectivity index is 3.11. The summed E-state index contributed by atoms with van der Waals surface area (Å²) in [6, 6.07) is 5.84. The van der Waals surface area contributed by atoms with Gasteiger partial charge in [0.25, 0.3) is 5.91 Å². The van der Waals surface area contributed by atoms with Crippen LogP contribution in [-0.4, -0.2) is 23.4 Å². The van der Waals surface area contributed by atoms with E-state index in [9.17, 15) is 4.79 Å². The van der Waals surface area contributed by atoms with Crippen molar-refractivity contribution in [1.29, 1.82) is 0 Å². The standard InChI is InChI=1S/C14H23N3O/c1-5-8-17(10(2)3)14(18)12-9-11(4)6-7-13(12)16-15/h6-7,9-10,16H,5,8,15H2,1-4H3. The Hall–Kier alpha value is -1.55. The summed E-state index contributed by atoms with van der Waals surface area (Å²) in [4.78, 5) is 14.4. The van der Waals surface area contributed by atoms with Gasteiger partial charge >= 0.3 is 0 Å². The third-order valence-electron chi connectivity index (χ3n) is 2.91. The number of carbonyl (C=O) groups is 1. The van der Waals surface area contributed by atoms with E-state index in [2.05, 4.69) is 12.3 Å². The van der Waals surface area contributed by atoms with Gasteiger partial charge in [0.05, 0.1) is 11.3 Å². The average Bonchev–Trinajstić information content (AvgIpc) is 2.34. The predicted octanol–water partition coefficient (Wildman–Crippen LogP) is 2.54. The van der Waals surface area contributed by atoms with Crippen LogP contribution in [0.4, 0.5) is 5.69 Å². The van der Waals surface area contributed by atoms with Crippen molar-refractivity contribution in [2.24, 2.45) is 5.84 Å². The lowest BCUT2D eigenvalue weighted by Crippen LogP contribution is -2.38. The maximum absolute atomic E-state index is 12.5. The molecule has 0 heterocycles. The normalized spacial score (nSPS) is 10.6. The Kier molecular flexibility index (Phi) is 5.16. The summed E-state index contributed by atoms with van der Waals surface area (Å²) in [7, 11) is 0. The fraction of sp³-hybridized carbons (Fsp3) is 0.500. The molecule has 0 aliphatic heterocycles. The zero-order valence-electron chi connectivity index (χ0n) is 11.7. The summed E-state index contributed by atoms with van der Waals surface area (Å²) >= 11 is 0. The van der Waals surface area contributed by atoms with Crippen molar-refractivity contribution in [2.75, 3.05) is 12.0 Å². The molecule has 4 heteroatoms. The van der Waals surface area contributed by atoms with Crippen LogP contribution in [0.2, 0.25) is 0 Å². The van der Waals surface area contributed by atoms with Gasteiger partial charge in [0.2, 0.25) is 0 Å². The van der Waals surface area contributed by atoms with E-state index in [-0.39, 0.29) is 11.9 Å². The van der Waals surface area contributed by atoms with Crippen LogP contribution in [0.15, 0.2) is 18.2 Å². The van der Waals surface area contributed by atoms with Gasteiger partial charge in [-0.1, -0.05) is 18.6 Å². The van der Waals surface area contributed by atoms with Crippen LogP contribution in [0.5, 0.6) is 0 Å². The van der Waals surface area contributed by atoms with Gasteiger partial charge in [-0.3, -0.25) is 10.6 Å². The third-order valence-corrected chi connectivity index (χ3v) is 2.91. The number of benzene rings is 1. The van der Waals surface area contributed by atoms with Crippen molar-refractivity contribution in [3.05, 3.63) is 29.3 Å². The first-order valence-electron chi connectivity index (χ1n) is 6.39. The molecule has 0 saturated heterocycles. The van der Waals surface area contributed by atoms with Gasteiger partial charge in [-0.15, -0.1) is 0 Å². The first-order valence-corrected chi connectivity index (χ1v) is 6.39. The van der Waals surface area contributed by atoms with E-state index in [0.717, 1.165) is 18.5 Å². The fourth-order valence-electron chi connectivity index (χ4n) is 1.95. The monoisotopic (exact) mass is 249 g/mol. The number of nitrogen functional groups attached to an aromatic ring is 1.